The zero-order valence-corrected chi connectivity index (χ0v) is 14.6. The Morgan fingerprint density at radius 3 is 2.41 bits per heavy atom. The number of hydrogen-bond acceptors (Lipinski definition) is 4. The number of primary sulfonamides is 1. The Kier molecular flexibility index (Phi) is 5.04. The van der Waals surface area contributed by atoms with Crippen molar-refractivity contribution >= 4 is 15.7 Å². The highest BCUT2D eigenvalue weighted by atomic mass is 32.2. The highest BCUT2D eigenvalue weighted by Gasteiger charge is 2.38. The van der Waals surface area contributed by atoms with E-state index in [1.807, 2.05) is 0 Å². The second-order valence-corrected chi connectivity index (χ2v) is 7.85. The Labute approximate surface area is 153 Å². The van der Waals surface area contributed by atoms with Gasteiger partial charge in [-0.05, 0) is 48.1 Å². The van der Waals surface area contributed by atoms with Crippen molar-refractivity contribution in [3.8, 4) is 5.75 Å². The van der Waals surface area contributed by atoms with Crippen molar-refractivity contribution in [2.75, 3.05) is 11.9 Å². The van der Waals surface area contributed by atoms with Gasteiger partial charge < -0.3 is 10.1 Å². The Morgan fingerprint density at radius 2 is 1.81 bits per heavy atom. The van der Waals surface area contributed by atoms with Gasteiger partial charge in [-0.15, -0.1) is 13.2 Å². The maximum Gasteiger partial charge on any atom is 0.573 e. The molecule has 1 saturated carbocycles. The number of rotatable bonds is 6. The normalized spacial score (nSPS) is 19.6. The van der Waals surface area contributed by atoms with Gasteiger partial charge in [0, 0.05) is 12.6 Å². The second-order valence-electron chi connectivity index (χ2n) is 6.29. The van der Waals surface area contributed by atoms with Crippen LogP contribution in [0.5, 0.6) is 5.75 Å². The number of alkyl halides is 3. The number of anilines is 1. The number of nitrogens with two attached hydrogens (primary N) is 1. The van der Waals surface area contributed by atoms with Crippen LogP contribution >= 0.6 is 0 Å². The third-order valence-electron chi connectivity index (χ3n) is 4.28. The number of halogens is 4. The number of ether oxygens (including phenoxy) is 1. The van der Waals surface area contributed by atoms with Crippen LogP contribution in [0.4, 0.5) is 23.2 Å². The van der Waals surface area contributed by atoms with Gasteiger partial charge in [0.1, 0.15) is 5.82 Å². The van der Waals surface area contributed by atoms with Crippen LogP contribution in [0.2, 0.25) is 0 Å². The molecule has 2 aromatic carbocycles. The molecule has 0 amide bonds. The fourth-order valence-corrected chi connectivity index (χ4v) is 3.40. The van der Waals surface area contributed by atoms with Crippen LogP contribution in [0.25, 0.3) is 0 Å². The first kappa shape index (κ1) is 19.4. The molecular formula is C17H16F4N2O3S. The van der Waals surface area contributed by atoms with Crippen LogP contribution in [-0.2, 0) is 10.0 Å². The molecule has 0 spiro atoms. The van der Waals surface area contributed by atoms with Crippen molar-refractivity contribution in [3.63, 3.8) is 0 Å². The summed E-state index contributed by atoms with van der Waals surface area (Å²) in [6.07, 6.45) is -4.10. The highest BCUT2D eigenvalue weighted by Crippen LogP contribution is 2.47. The van der Waals surface area contributed by atoms with Crippen LogP contribution in [0.3, 0.4) is 0 Å². The SMILES string of the molecule is NS(=O)(=O)c1ccc([C@@H]2C[C@H]2CNc2cc(F)ccc2OC(F)(F)F)cc1. The predicted molar refractivity (Wildman–Crippen MR) is 90.2 cm³/mol. The topological polar surface area (TPSA) is 81.4 Å². The largest absolute Gasteiger partial charge is 0.573 e. The first-order valence-corrected chi connectivity index (χ1v) is 9.49. The first-order valence-electron chi connectivity index (χ1n) is 7.95. The molecule has 0 aliphatic heterocycles. The molecular weight excluding hydrogens is 388 g/mol. The van der Waals surface area contributed by atoms with E-state index < -0.39 is 28.0 Å². The maximum absolute atomic E-state index is 13.4. The molecule has 27 heavy (non-hydrogen) atoms. The van der Waals surface area contributed by atoms with Crippen LogP contribution in [0, 0.1) is 11.7 Å². The molecule has 0 bridgehead atoms. The van der Waals surface area contributed by atoms with Crippen molar-refractivity contribution in [1.82, 2.24) is 0 Å². The summed E-state index contributed by atoms with van der Waals surface area (Å²) in [7, 11) is -3.76. The van der Waals surface area contributed by atoms with Gasteiger partial charge in [0.05, 0.1) is 10.6 Å². The number of benzene rings is 2. The van der Waals surface area contributed by atoms with E-state index in [0.717, 1.165) is 30.2 Å². The Hall–Kier alpha value is -2.33. The van der Waals surface area contributed by atoms with Gasteiger partial charge in [0.25, 0.3) is 0 Å². The summed E-state index contributed by atoms with van der Waals surface area (Å²) in [6.45, 7) is 0.319. The zero-order chi connectivity index (χ0) is 19.8. The summed E-state index contributed by atoms with van der Waals surface area (Å²) in [5.41, 5.74) is 0.822. The minimum absolute atomic E-state index is 0.00952. The number of sulfonamides is 1. The molecule has 10 heteroatoms. The summed E-state index contributed by atoms with van der Waals surface area (Å²) >= 11 is 0. The number of nitrogens with one attached hydrogen (secondary N) is 1. The van der Waals surface area contributed by atoms with E-state index >= 15 is 0 Å². The average molecular weight is 404 g/mol. The smallest absolute Gasteiger partial charge is 0.404 e. The van der Waals surface area contributed by atoms with Gasteiger partial charge in [-0.2, -0.15) is 0 Å². The summed E-state index contributed by atoms with van der Waals surface area (Å²) < 4.78 is 77.1. The third-order valence-corrected chi connectivity index (χ3v) is 5.21. The van der Waals surface area contributed by atoms with Gasteiger partial charge in [0.15, 0.2) is 5.75 Å². The monoisotopic (exact) mass is 404 g/mol. The molecule has 0 aromatic heterocycles. The molecule has 0 unspecified atom stereocenters. The van der Waals surface area contributed by atoms with Crippen molar-refractivity contribution in [2.24, 2.45) is 11.1 Å². The van der Waals surface area contributed by atoms with E-state index in [1.165, 1.54) is 12.1 Å². The minimum Gasteiger partial charge on any atom is -0.404 e. The minimum atomic E-state index is -4.87. The van der Waals surface area contributed by atoms with E-state index in [1.54, 1.807) is 12.1 Å². The Morgan fingerprint density at radius 1 is 1.15 bits per heavy atom. The molecule has 1 fully saturated rings. The molecule has 0 saturated heterocycles. The lowest BCUT2D eigenvalue weighted by Crippen LogP contribution is -2.18. The molecule has 2 atom stereocenters. The zero-order valence-electron chi connectivity index (χ0n) is 13.8. The van der Waals surface area contributed by atoms with Crippen LogP contribution in [0.1, 0.15) is 17.9 Å². The number of hydrogen-bond donors (Lipinski definition) is 2. The van der Waals surface area contributed by atoms with Crippen molar-refractivity contribution < 1.29 is 30.7 Å². The van der Waals surface area contributed by atoms with Gasteiger partial charge in [0.2, 0.25) is 10.0 Å². The fraction of sp³-hybridized carbons (Fsp3) is 0.294. The standard InChI is InChI=1S/C17H16F4N2O3S/c18-12-3-6-16(26-17(19,20)21)15(8-12)23-9-11-7-14(11)10-1-4-13(5-2-10)27(22,24)25/h1-6,8,11,14,23H,7,9H2,(H2,22,24,25)/t11-,14-/m0/s1. The van der Waals surface area contributed by atoms with Crippen LogP contribution in [-0.4, -0.2) is 21.3 Å². The molecule has 0 radical (unpaired) electrons. The quantitative estimate of drug-likeness (QED) is 0.721. The van der Waals surface area contributed by atoms with Crippen molar-refractivity contribution in [3.05, 3.63) is 53.8 Å². The summed E-state index contributed by atoms with van der Waals surface area (Å²) in [6, 6.07) is 8.89. The summed E-state index contributed by atoms with van der Waals surface area (Å²) in [4.78, 5) is 0.00952. The van der Waals surface area contributed by atoms with E-state index in [2.05, 4.69) is 10.1 Å². The van der Waals surface area contributed by atoms with Gasteiger partial charge in [-0.25, -0.2) is 17.9 Å². The van der Waals surface area contributed by atoms with Crippen LogP contribution in [0.15, 0.2) is 47.4 Å². The van der Waals surface area contributed by atoms with Crippen molar-refractivity contribution in [1.29, 1.82) is 0 Å². The summed E-state index contributed by atoms with van der Waals surface area (Å²) in [5.74, 6) is -0.934. The Balaban J connectivity index is 1.63. The van der Waals surface area contributed by atoms with Gasteiger partial charge in [-0.1, -0.05) is 12.1 Å². The predicted octanol–water partition coefficient (Wildman–Crippen LogP) is 3.59. The molecule has 1 aliphatic carbocycles. The lowest BCUT2D eigenvalue weighted by Gasteiger charge is -2.14. The molecule has 146 valence electrons. The third kappa shape index (κ3) is 5.10. The van der Waals surface area contributed by atoms with Gasteiger partial charge in [-0.3, -0.25) is 0 Å². The van der Waals surface area contributed by atoms with E-state index in [-0.39, 0.29) is 22.4 Å². The lowest BCUT2D eigenvalue weighted by molar-refractivity contribution is -0.274. The molecule has 3 rings (SSSR count). The molecule has 3 N–H and O–H groups in total. The molecule has 0 heterocycles. The lowest BCUT2D eigenvalue weighted by atomic mass is 10.1. The highest BCUT2D eigenvalue weighted by molar-refractivity contribution is 7.89. The van der Waals surface area contributed by atoms with E-state index in [0.29, 0.717) is 6.54 Å². The van der Waals surface area contributed by atoms with E-state index in [4.69, 9.17) is 5.14 Å². The fourth-order valence-electron chi connectivity index (χ4n) is 2.88. The van der Waals surface area contributed by atoms with Gasteiger partial charge >= 0.3 is 6.36 Å². The summed E-state index contributed by atoms with van der Waals surface area (Å²) in [5, 5.41) is 7.84. The van der Waals surface area contributed by atoms with E-state index in [9.17, 15) is 26.0 Å². The molecule has 1 aliphatic rings. The molecule has 5 nitrogen and oxygen atoms in total. The maximum atomic E-state index is 13.4. The average Bonchev–Trinajstić information content (AvgIpc) is 3.33. The van der Waals surface area contributed by atoms with Crippen molar-refractivity contribution in [2.45, 2.75) is 23.6 Å². The second kappa shape index (κ2) is 7.01. The first-order chi connectivity index (χ1) is 12.5. The molecule has 2 aromatic rings. The van der Waals surface area contributed by atoms with Crippen LogP contribution < -0.4 is 15.2 Å². The Bertz CT molecular complexity index is 930.